The van der Waals surface area contributed by atoms with E-state index in [-0.39, 0.29) is 12.4 Å². The Morgan fingerprint density at radius 3 is 2.36 bits per heavy atom. The van der Waals surface area contributed by atoms with Gasteiger partial charge in [0.1, 0.15) is 17.3 Å². The molecule has 0 amide bonds. The van der Waals surface area contributed by atoms with E-state index < -0.39 is 0 Å². The second kappa shape index (κ2) is 5.96. The van der Waals surface area contributed by atoms with Gasteiger partial charge in [-0.2, -0.15) is 0 Å². The zero-order chi connectivity index (χ0) is 7.40. The highest BCUT2D eigenvalue weighted by Crippen LogP contribution is 2.15. The maximum Gasteiger partial charge on any atom is 0.129 e. The molecule has 0 nitrogen and oxygen atoms in total. The highest BCUT2D eigenvalue weighted by atomic mass is 35.5. The summed E-state index contributed by atoms with van der Waals surface area (Å²) in [5.41, 5.74) is 1.59. The predicted molar refractivity (Wildman–Crippen MR) is 50.6 cm³/mol. The van der Waals surface area contributed by atoms with Crippen LogP contribution in [-0.2, 0) is 10.9 Å². The molecule has 1 fully saturated rings. The van der Waals surface area contributed by atoms with Crippen molar-refractivity contribution in [1.82, 2.24) is 0 Å². The summed E-state index contributed by atoms with van der Waals surface area (Å²) < 4.78 is 0. The minimum absolute atomic E-state index is 0. The van der Waals surface area contributed by atoms with Crippen molar-refractivity contribution in [3.05, 3.63) is 11.6 Å². The maximum absolute atomic E-state index is 2.26. The molecule has 0 aliphatic carbocycles. The van der Waals surface area contributed by atoms with Crippen molar-refractivity contribution >= 4 is 10.9 Å². The van der Waals surface area contributed by atoms with Crippen LogP contribution in [0.2, 0.25) is 0 Å². The third-order valence-electron chi connectivity index (χ3n) is 2.04. The van der Waals surface area contributed by atoms with E-state index in [2.05, 4.69) is 19.9 Å². The molecule has 0 saturated carbocycles. The van der Waals surface area contributed by atoms with Gasteiger partial charge in [0.05, 0.1) is 0 Å². The second-order valence-corrected chi connectivity index (χ2v) is 5.34. The van der Waals surface area contributed by atoms with Crippen molar-refractivity contribution in [2.45, 2.75) is 26.7 Å². The van der Waals surface area contributed by atoms with E-state index in [4.69, 9.17) is 0 Å². The number of halogens is 1. The van der Waals surface area contributed by atoms with Gasteiger partial charge < -0.3 is 12.4 Å². The van der Waals surface area contributed by atoms with Gasteiger partial charge >= 0.3 is 0 Å². The summed E-state index contributed by atoms with van der Waals surface area (Å²) in [4.78, 5) is 0. The van der Waals surface area contributed by atoms with Crippen LogP contribution in [0.25, 0.3) is 0 Å². The number of hydrogen-bond acceptors (Lipinski definition) is 0. The Kier molecular flexibility index (Phi) is 6.16. The topological polar surface area (TPSA) is 0 Å². The number of rotatable bonds is 2. The van der Waals surface area contributed by atoms with Gasteiger partial charge in [-0.15, -0.1) is 0 Å². The Bertz CT molecular complexity index is 126. The van der Waals surface area contributed by atoms with Crippen molar-refractivity contribution in [3.8, 4) is 0 Å². The molecule has 1 heterocycles. The van der Waals surface area contributed by atoms with Crippen molar-refractivity contribution in [3.63, 3.8) is 0 Å². The van der Waals surface area contributed by atoms with Crippen LogP contribution in [-0.4, -0.2) is 17.3 Å². The average Bonchev–Trinajstić information content (AvgIpc) is 2.40. The summed E-state index contributed by atoms with van der Waals surface area (Å²) in [6.07, 6.45) is 5.23. The zero-order valence-corrected chi connectivity index (χ0v) is 8.97. The van der Waals surface area contributed by atoms with E-state index in [9.17, 15) is 0 Å². The summed E-state index contributed by atoms with van der Waals surface area (Å²) in [7, 11) is 0.774. The lowest BCUT2D eigenvalue weighted by atomic mass is 10.3. The predicted octanol–water partition coefficient (Wildman–Crippen LogP) is -0.631. The van der Waals surface area contributed by atoms with Gasteiger partial charge in [0.25, 0.3) is 0 Å². The zero-order valence-electron chi connectivity index (χ0n) is 7.40. The molecule has 2 heteroatoms. The molecule has 0 aromatic rings. The van der Waals surface area contributed by atoms with Gasteiger partial charge in [-0.05, 0) is 43.2 Å². The van der Waals surface area contributed by atoms with Crippen molar-refractivity contribution < 1.29 is 12.4 Å². The van der Waals surface area contributed by atoms with Crippen LogP contribution in [0.3, 0.4) is 0 Å². The summed E-state index contributed by atoms with van der Waals surface area (Å²) >= 11 is 0. The van der Waals surface area contributed by atoms with Gasteiger partial charge in [-0.1, -0.05) is 6.08 Å². The molecule has 1 aliphatic rings. The van der Waals surface area contributed by atoms with Crippen LogP contribution in [0, 0.1) is 0 Å². The van der Waals surface area contributed by atoms with E-state index in [1.807, 2.05) is 0 Å². The molecule has 0 N–H and O–H groups in total. The van der Waals surface area contributed by atoms with E-state index in [1.54, 1.807) is 5.57 Å². The fourth-order valence-electron chi connectivity index (χ4n) is 1.26. The van der Waals surface area contributed by atoms with E-state index in [0.29, 0.717) is 0 Å². The van der Waals surface area contributed by atoms with E-state index in [0.717, 1.165) is 10.9 Å². The first kappa shape index (κ1) is 11.4. The second-order valence-electron chi connectivity index (χ2n) is 3.01. The lowest BCUT2D eigenvalue weighted by molar-refractivity contribution is -0.00000226. The van der Waals surface area contributed by atoms with Gasteiger partial charge in [-0.25, -0.2) is 0 Å². The van der Waals surface area contributed by atoms with Gasteiger partial charge in [0.2, 0.25) is 0 Å². The lowest BCUT2D eigenvalue weighted by Gasteiger charge is -1.98. The summed E-state index contributed by atoms with van der Waals surface area (Å²) in [5.74, 6) is 4.40. The Hall–Kier alpha value is 0.380. The standard InChI is InChI=1S/C9H17S.ClH/c1-3-9(2)8-10-6-4-5-7-10;/h3H,4-8H2,1-2H3;1H/q+1;/p-1/b9-3-;. The molecule has 0 aromatic heterocycles. The van der Waals surface area contributed by atoms with Crippen LogP contribution < -0.4 is 12.4 Å². The highest BCUT2D eigenvalue weighted by Gasteiger charge is 2.23. The van der Waals surface area contributed by atoms with Crippen molar-refractivity contribution in [2.24, 2.45) is 0 Å². The van der Waals surface area contributed by atoms with Gasteiger partial charge in [0, 0.05) is 0 Å². The molecule has 1 rings (SSSR count). The first-order valence-corrected chi connectivity index (χ1v) is 5.82. The largest absolute Gasteiger partial charge is 1.00 e. The van der Waals surface area contributed by atoms with Crippen molar-refractivity contribution in [1.29, 1.82) is 0 Å². The third-order valence-corrected chi connectivity index (χ3v) is 4.64. The summed E-state index contributed by atoms with van der Waals surface area (Å²) in [6, 6.07) is 0. The molecular weight excluding hydrogens is 176 g/mol. The monoisotopic (exact) mass is 192 g/mol. The smallest absolute Gasteiger partial charge is 0.129 e. The highest BCUT2D eigenvalue weighted by molar-refractivity contribution is 7.97. The Labute approximate surface area is 79.2 Å². The quantitative estimate of drug-likeness (QED) is 0.404. The maximum atomic E-state index is 2.26. The van der Waals surface area contributed by atoms with Crippen LogP contribution in [0.15, 0.2) is 11.6 Å². The molecule has 0 radical (unpaired) electrons. The molecule has 0 aromatic carbocycles. The number of allylic oxidation sites excluding steroid dienone is 1. The summed E-state index contributed by atoms with van der Waals surface area (Å²) in [5, 5.41) is 0. The molecule has 1 saturated heterocycles. The van der Waals surface area contributed by atoms with Gasteiger partial charge in [-0.3, -0.25) is 0 Å². The van der Waals surface area contributed by atoms with E-state index in [1.165, 1.54) is 30.1 Å². The minimum atomic E-state index is 0. The van der Waals surface area contributed by atoms with Crippen LogP contribution >= 0.6 is 0 Å². The normalized spacial score (nSPS) is 20.0. The van der Waals surface area contributed by atoms with Crippen LogP contribution in [0.1, 0.15) is 26.7 Å². The summed E-state index contributed by atoms with van der Waals surface area (Å²) in [6.45, 7) is 4.40. The molecular formula is C9H17ClS. The first-order chi connectivity index (χ1) is 4.83. The Morgan fingerprint density at radius 2 is 1.91 bits per heavy atom. The average molecular weight is 193 g/mol. The van der Waals surface area contributed by atoms with Crippen LogP contribution in [0.5, 0.6) is 0 Å². The fraction of sp³-hybridized carbons (Fsp3) is 0.778. The molecule has 11 heavy (non-hydrogen) atoms. The lowest BCUT2D eigenvalue weighted by Crippen LogP contribution is -3.00. The Morgan fingerprint density at radius 1 is 1.36 bits per heavy atom. The number of hydrogen-bond donors (Lipinski definition) is 0. The van der Waals surface area contributed by atoms with E-state index >= 15 is 0 Å². The molecule has 0 unspecified atom stereocenters. The fourth-order valence-corrected chi connectivity index (χ4v) is 3.79. The molecule has 0 spiro atoms. The first-order valence-electron chi connectivity index (χ1n) is 4.09. The van der Waals surface area contributed by atoms with Gasteiger partial charge in [0.15, 0.2) is 0 Å². The SMILES string of the molecule is C/C=C(/C)C[S+]1CCCC1.[Cl-]. The molecule has 66 valence electrons. The molecule has 0 bridgehead atoms. The van der Waals surface area contributed by atoms with Crippen LogP contribution in [0.4, 0.5) is 0 Å². The van der Waals surface area contributed by atoms with Crippen molar-refractivity contribution in [2.75, 3.05) is 17.3 Å². The molecule has 1 aliphatic heterocycles. The minimum Gasteiger partial charge on any atom is -1.00 e. The molecule has 0 atom stereocenters. The Balaban J connectivity index is 0.000001000. The third kappa shape index (κ3) is 4.07.